The molecular formula is C28H26N4O3. The normalized spacial score (nSPS) is 15.6. The number of rotatable bonds is 5. The van der Waals surface area contributed by atoms with Gasteiger partial charge in [-0.2, -0.15) is 4.98 Å². The number of benzene rings is 3. The van der Waals surface area contributed by atoms with E-state index in [1.165, 1.54) is 5.56 Å². The summed E-state index contributed by atoms with van der Waals surface area (Å²) in [5.74, 6) is 2.12. The first-order valence-corrected chi connectivity index (χ1v) is 12.0. The van der Waals surface area contributed by atoms with Gasteiger partial charge in [0.2, 0.25) is 5.82 Å². The van der Waals surface area contributed by atoms with Gasteiger partial charge in [-0.05, 0) is 41.5 Å². The van der Waals surface area contributed by atoms with E-state index >= 15 is 0 Å². The number of fused-ring (bicyclic) bond motifs is 1. The van der Waals surface area contributed by atoms with Crippen molar-refractivity contribution in [3.05, 3.63) is 89.5 Å². The van der Waals surface area contributed by atoms with E-state index in [2.05, 4.69) is 27.2 Å². The van der Waals surface area contributed by atoms with Crippen LogP contribution in [0.3, 0.4) is 0 Å². The second-order valence-corrected chi connectivity index (χ2v) is 8.98. The van der Waals surface area contributed by atoms with Gasteiger partial charge in [-0.1, -0.05) is 47.6 Å². The van der Waals surface area contributed by atoms with Gasteiger partial charge in [0.25, 0.3) is 11.8 Å². The average molecular weight is 467 g/mol. The Morgan fingerprint density at radius 2 is 1.69 bits per heavy atom. The zero-order valence-corrected chi connectivity index (χ0v) is 19.4. The topological polar surface area (TPSA) is 71.7 Å². The van der Waals surface area contributed by atoms with Crippen LogP contribution in [0.1, 0.15) is 21.5 Å². The zero-order chi connectivity index (χ0) is 23.6. The maximum Gasteiger partial charge on any atom is 0.258 e. The van der Waals surface area contributed by atoms with E-state index in [-0.39, 0.29) is 5.91 Å². The van der Waals surface area contributed by atoms with Crippen LogP contribution in [0.4, 0.5) is 0 Å². The smallest absolute Gasteiger partial charge is 0.258 e. The van der Waals surface area contributed by atoms with Gasteiger partial charge in [0.05, 0.1) is 6.61 Å². The molecule has 7 heteroatoms. The van der Waals surface area contributed by atoms with Gasteiger partial charge in [-0.3, -0.25) is 9.69 Å². The number of ether oxygens (including phenoxy) is 1. The Morgan fingerprint density at radius 1 is 0.886 bits per heavy atom. The molecule has 6 rings (SSSR count). The van der Waals surface area contributed by atoms with Crippen LogP contribution >= 0.6 is 0 Å². The summed E-state index contributed by atoms with van der Waals surface area (Å²) in [5.41, 5.74) is 4.95. The molecule has 3 aromatic carbocycles. The van der Waals surface area contributed by atoms with Crippen LogP contribution < -0.4 is 4.74 Å². The van der Waals surface area contributed by atoms with Crippen LogP contribution in [0.2, 0.25) is 0 Å². The van der Waals surface area contributed by atoms with Crippen molar-refractivity contribution in [1.82, 2.24) is 19.9 Å². The minimum atomic E-state index is 0.110. The summed E-state index contributed by atoms with van der Waals surface area (Å²) in [7, 11) is 0. The second kappa shape index (κ2) is 9.35. The first-order chi connectivity index (χ1) is 17.2. The number of hydrogen-bond donors (Lipinski definition) is 0. The fraction of sp³-hybridized carbons (Fsp3) is 0.250. The molecule has 0 saturated carbocycles. The van der Waals surface area contributed by atoms with Crippen molar-refractivity contribution in [3.8, 4) is 28.6 Å². The molecule has 0 spiro atoms. The molecule has 0 aliphatic carbocycles. The molecule has 1 saturated heterocycles. The summed E-state index contributed by atoms with van der Waals surface area (Å²) in [6.07, 6.45) is 0.879. The lowest BCUT2D eigenvalue weighted by molar-refractivity contribution is 0.0628. The third-order valence-electron chi connectivity index (χ3n) is 6.66. The first kappa shape index (κ1) is 21.6. The van der Waals surface area contributed by atoms with E-state index < -0.39 is 0 Å². The molecule has 0 unspecified atom stereocenters. The van der Waals surface area contributed by atoms with Gasteiger partial charge in [-0.25, -0.2) is 0 Å². The molecule has 0 radical (unpaired) electrons. The van der Waals surface area contributed by atoms with E-state index in [1.807, 2.05) is 65.6 Å². The molecule has 1 amide bonds. The van der Waals surface area contributed by atoms with Crippen molar-refractivity contribution >= 4 is 5.91 Å². The summed E-state index contributed by atoms with van der Waals surface area (Å²) in [6, 6.07) is 23.8. The van der Waals surface area contributed by atoms with Crippen molar-refractivity contribution in [1.29, 1.82) is 0 Å². The van der Waals surface area contributed by atoms with Crippen molar-refractivity contribution < 1.29 is 14.1 Å². The van der Waals surface area contributed by atoms with Crippen LogP contribution in [-0.4, -0.2) is 58.6 Å². The molecule has 0 N–H and O–H groups in total. The van der Waals surface area contributed by atoms with Gasteiger partial charge in [-0.15, -0.1) is 0 Å². The Labute approximate surface area is 203 Å². The lowest BCUT2D eigenvalue weighted by Gasteiger charge is -2.34. The minimum Gasteiger partial charge on any atom is -0.493 e. The van der Waals surface area contributed by atoms with Crippen molar-refractivity contribution in [2.75, 3.05) is 32.8 Å². The Kier molecular flexibility index (Phi) is 5.76. The second-order valence-electron chi connectivity index (χ2n) is 8.98. The molecule has 0 bridgehead atoms. The molecule has 0 atom stereocenters. The van der Waals surface area contributed by atoms with Gasteiger partial charge in [0.1, 0.15) is 5.75 Å². The fourth-order valence-electron chi connectivity index (χ4n) is 4.67. The molecule has 2 aliphatic heterocycles. The van der Waals surface area contributed by atoms with Crippen LogP contribution in [0.15, 0.2) is 77.3 Å². The molecule has 3 heterocycles. The van der Waals surface area contributed by atoms with Crippen molar-refractivity contribution in [3.63, 3.8) is 0 Å². The van der Waals surface area contributed by atoms with Crippen molar-refractivity contribution in [2.45, 2.75) is 13.0 Å². The Balaban J connectivity index is 1.04. The minimum absolute atomic E-state index is 0.110. The Morgan fingerprint density at radius 3 is 2.49 bits per heavy atom. The standard InChI is InChI=1S/C28H26N4O3/c33-28(24-10-11-25-23(18-24)12-17-34-25)32-15-13-31(14-16-32)19-20-6-8-21(9-7-20)26-29-27(35-30-26)22-4-2-1-3-5-22/h1-11,18H,12-17,19H2. The monoisotopic (exact) mass is 466 g/mol. The molecule has 7 nitrogen and oxygen atoms in total. The molecular weight excluding hydrogens is 440 g/mol. The van der Waals surface area contributed by atoms with E-state index in [9.17, 15) is 4.79 Å². The highest BCUT2D eigenvalue weighted by Crippen LogP contribution is 2.27. The number of nitrogens with zero attached hydrogens (tertiary/aromatic N) is 4. The summed E-state index contributed by atoms with van der Waals surface area (Å²) < 4.78 is 11.0. The first-order valence-electron chi connectivity index (χ1n) is 12.0. The van der Waals surface area contributed by atoms with E-state index in [4.69, 9.17) is 9.26 Å². The maximum absolute atomic E-state index is 13.0. The highest BCUT2D eigenvalue weighted by atomic mass is 16.5. The SMILES string of the molecule is O=C(c1ccc2c(c1)CCO2)N1CCN(Cc2ccc(-c3noc(-c4ccccc4)n3)cc2)CC1. The fourth-order valence-corrected chi connectivity index (χ4v) is 4.67. The van der Waals surface area contributed by atoms with Crippen LogP contribution in [0.5, 0.6) is 5.75 Å². The highest BCUT2D eigenvalue weighted by molar-refractivity contribution is 5.94. The average Bonchev–Trinajstić information content (AvgIpc) is 3.59. The van der Waals surface area contributed by atoms with Crippen LogP contribution in [0, 0.1) is 0 Å². The zero-order valence-electron chi connectivity index (χ0n) is 19.4. The molecule has 2 aliphatic rings. The van der Waals surface area contributed by atoms with Crippen molar-refractivity contribution in [2.24, 2.45) is 0 Å². The van der Waals surface area contributed by atoms with E-state index in [0.29, 0.717) is 18.3 Å². The molecule has 176 valence electrons. The molecule has 1 fully saturated rings. The largest absolute Gasteiger partial charge is 0.493 e. The third-order valence-corrected chi connectivity index (χ3v) is 6.66. The number of piperazine rings is 1. The predicted molar refractivity (Wildman–Crippen MR) is 132 cm³/mol. The molecule has 35 heavy (non-hydrogen) atoms. The summed E-state index contributed by atoms with van der Waals surface area (Å²) in [4.78, 5) is 21.9. The number of carbonyl (C=O) groups is 1. The number of carbonyl (C=O) groups excluding carboxylic acids is 1. The predicted octanol–water partition coefficient (Wildman–Crippen LogP) is 4.30. The van der Waals surface area contributed by atoms with Gasteiger partial charge < -0.3 is 14.2 Å². The van der Waals surface area contributed by atoms with Crippen LogP contribution in [-0.2, 0) is 13.0 Å². The molecule has 4 aromatic rings. The van der Waals surface area contributed by atoms with Crippen LogP contribution in [0.25, 0.3) is 22.8 Å². The summed E-state index contributed by atoms with van der Waals surface area (Å²) >= 11 is 0. The lowest BCUT2D eigenvalue weighted by atomic mass is 10.1. The van der Waals surface area contributed by atoms with Gasteiger partial charge >= 0.3 is 0 Å². The Bertz CT molecular complexity index is 1330. The highest BCUT2D eigenvalue weighted by Gasteiger charge is 2.24. The van der Waals surface area contributed by atoms with Gasteiger partial charge in [0, 0.05) is 55.8 Å². The van der Waals surface area contributed by atoms with Gasteiger partial charge in [0.15, 0.2) is 0 Å². The third kappa shape index (κ3) is 4.55. The quantitative estimate of drug-likeness (QED) is 0.437. The Hall–Kier alpha value is -3.97. The number of aromatic nitrogens is 2. The van der Waals surface area contributed by atoms with E-state index in [0.717, 1.165) is 67.1 Å². The number of hydrogen-bond acceptors (Lipinski definition) is 6. The summed E-state index contributed by atoms with van der Waals surface area (Å²) in [5, 5.41) is 4.14. The number of amides is 1. The lowest BCUT2D eigenvalue weighted by Crippen LogP contribution is -2.48. The molecule has 1 aromatic heterocycles. The summed E-state index contributed by atoms with van der Waals surface area (Å²) in [6.45, 7) is 4.72. The maximum atomic E-state index is 13.0. The van der Waals surface area contributed by atoms with E-state index in [1.54, 1.807) is 0 Å².